The van der Waals surface area contributed by atoms with Crippen LogP contribution in [0.15, 0.2) is 30.5 Å². The minimum absolute atomic E-state index is 0.318. The molecule has 0 aliphatic heterocycles. The molecule has 0 saturated carbocycles. The van der Waals surface area contributed by atoms with Crippen LogP contribution in [-0.2, 0) is 11.2 Å². The second-order valence-electron chi connectivity index (χ2n) is 3.64. The maximum atomic E-state index is 13.1. The first-order valence-electron chi connectivity index (χ1n) is 4.95. The van der Waals surface area contributed by atoms with E-state index in [0.717, 1.165) is 5.56 Å². The summed E-state index contributed by atoms with van der Waals surface area (Å²) >= 11 is 0. The van der Waals surface area contributed by atoms with Crippen LogP contribution in [0.25, 0.3) is 10.9 Å². The Morgan fingerprint density at radius 2 is 2.25 bits per heavy atom. The minimum Gasteiger partial charge on any atom is -0.321 e. The molecule has 0 amide bonds. The summed E-state index contributed by atoms with van der Waals surface area (Å²) in [6, 6.07) is 5.58. The predicted molar refractivity (Wildman–Crippen MR) is 59.4 cm³/mol. The van der Waals surface area contributed by atoms with Crippen molar-refractivity contribution in [3.63, 3.8) is 0 Å². The van der Waals surface area contributed by atoms with E-state index in [-0.39, 0.29) is 5.82 Å². The fraction of sp³-hybridized carbons (Fsp3) is 0.167. The Bertz CT molecular complexity index is 527. The monoisotopic (exact) mass is 218 g/mol. The summed E-state index contributed by atoms with van der Waals surface area (Å²) in [4.78, 5) is 14.6. The SMILES string of the molecule is N[C@H](C=O)Cc1ccnc2ccc(F)cc12. The molecule has 1 aromatic heterocycles. The quantitative estimate of drug-likeness (QED) is 0.793. The Morgan fingerprint density at radius 1 is 1.44 bits per heavy atom. The number of carbonyl (C=O) groups is 1. The van der Waals surface area contributed by atoms with Crippen LogP contribution in [0.2, 0.25) is 0 Å². The highest BCUT2D eigenvalue weighted by Gasteiger charge is 2.07. The normalized spacial score (nSPS) is 12.6. The molecule has 0 unspecified atom stereocenters. The van der Waals surface area contributed by atoms with Crippen molar-refractivity contribution in [1.82, 2.24) is 4.98 Å². The van der Waals surface area contributed by atoms with Crippen LogP contribution in [0.1, 0.15) is 5.56 Å². The number of nitrogens with zero attached hydrogens (tertiary/aromatic N) is 1. The van der Waals surface area contributed by atoms with Gasteiger partial charge in [0.05, 0.1) is 11.6 Å². The third-order valence-electron chi connectivity index (χ3n) is 2.42. The second-order valence-corrected chi connectivity index (χ2v) is 3.64. The number of rotatable bonds is 3. The van der Waals surface area contributed by atoms with Crippen LogP contribution in [0.3, 0.4) is 0 Å². The first-order valence-corrected chi connectivity index (χ1v) is 4.95. The van der Waals surface area contributed by atoms with Gasteiger partial charge in [-0.3, -0.25) is 4.98 Å². The van der Waals surface area contributed by atoms with Gasteiger partial charge < -0.3 is 10.5 Å². The summed E-state index contributed by atoms with van der Waals surface area (Å²) in [7, 11) is 0. The lowest BCUT2D eigenvalue weighted by Crippen LogP contribution is -2.24. The van der Waals surface area contributed by atoms with Crippen LogP contribution in [0.4, 0.5) is 4.39 Å². The van der Waals surface area contributed by atoms with Gasteiger partial charge in [0.15, 0.2) is 0 Å². The second kappa shape index (κ2) is 4.37. The molecule has 4 heteroatoms. The number of hydrogen-bond donors (Lipinski definition) is 1. The molecular weight excluding hydrogens is 207 g/mol. The Balaban J connectivity index is 2.51. The van der Waals surface area contributed by atoms with Crippen LogP contribution < -0.4 is 5.73 Å². The average molecular weight is 218 g/mol. The third-order valence-corrected chi connectivity index (χ3v) is 2.42. The van der Waals surface area contributed by atoms with Gasteiger partial charge >= 0.3 is 0 Å². The van der Waals surface area contributed by atoms with E-state index >= 15 is 0 Å². The van der Waals surface area contributed by atoms with Crippen LogP contribution in [-0.4, -0.2) is 17.3 Å². The standard InChI is InChI=1S/C12H11FN2O/c13-9-1-2-12-11(6-9)8(3-4-15-12)5-10(14)7-16/h1-4,6-7,10H,5,14H2/t10-/m0/s1. The van der Waals surface area contributed by atoms with Gasteiger partial charge in [-0.25, -0.2) is 4.39 Å². The third kappa shape index (κ3) is 2.06. The van der Waals surface area contributed by atoms with E-state index in [1.54, 1.807) is 18.3 Å². The minimum atomic E-state index is -0.561. The Hall–Kier alpha value is -1.81. The van der Waals surface area contributed by atoms with Crippen molar-refractivity contribution in [2.75, 3.05) is 0 Å². The average Bonchev–Trinajstić information content (AvgIpc) is 2.29. The van der Waals surface area contributed by atoms with Gasteiger partial charge in [0.25, 0.3) is 0 Å². The Morgan fingerprint density at radius 3 is 3.00 bits per heavy atom. The number of nitrogens with two attached hydrogens (primary N) is 1. The van der Waals surface area contributed by atoms with E-state index in [2.05, 4.69) is 4.98 Å². The zero-order valence-electron chi connectivity index (χ0n) is 8.56. The lowest BCUT2D eigenvalue weighted by Gasteiger charge is -2.07. The molecule has 2 N–H and O–H groups in total. The van der Waals surface area contributed by atoms with E-state index in [1.807, 2.05) is 0 Å². The lowest BCUT2D eigenvalue weighted by atomic mass is 10.0. The van der Waals surface area contributed by atoms with E-state index < -0.39 is 6.04 Å². The highest BCUT2D eigenvalue weighted by molar-refractivity contribution is 5.82. The number of fused-ring (bicyclic) bond motifs is 1. The molecule has 0 aliphatic rings. The zero-order valence-corrected chi connectivity index (χ0v) is 8.56. The van der Waals surface area contributed by atoms with Gasteiger partial charge in [-0.05, 0) is 36.2 Å². The first-order chi connectivity index (χ1) is 7.70. The molecule has 2 aromatic rings. The number of pyridine rings is 1. The lowest BCUT2D eigenvalue weighted by molar-refractivity contribution is -0.108. The van der Waals surface area contributed by atoms with Crippen LogP contribution in [0, 0.1) is 5.82 Å². The number of benzene rings is 1. The van der Waals surface area contributed by atoms with Gasteiger partial charge in [0, 0.05) is 11.6 Å². The van der Waals surface area contributed by atoms with Gasteiger partial charge in [0.2, 0.25) is 0 Å². The molecule has 2 rings (SSSR count). The molecule has 1 aromatic carbocycles. The molecule has 0 aliphatic carbocycles. The van der Waals surface area contributed by atoms with Crippen molar-refractivity contribution in [1.29, 1.82) is 0 Å². The van der Waals surface area contributed by atoms with E-state index in [1.165, 1.54) is 12.1 Å². The van der Waals surface area contributed by atoms with Gasteiger partial charge in [-0.15, -0.1) is 0 Å². The topological polar surface area (TPSA) is 56.0 Å². The molecule has 3 nitrogen and oxygen atoms in total. The van der Waals surface area contributed by atoms with E-state index in [4.69, 9.17) is 5.73 Å². The first kappa shape index (κ1) is 10.7. The maximum Gasteiger partial charge on any atom is 0.137 e. The fourth-order valence-corrected chi connectivity index (χ4v) is 1.66. The van der Waals surface area contributed by atoms with Gasteiger partial charge in [-0.2, -0.15) is 0 Å². The summed E-state index contributed by atoms with van der Waals surface area (Å²) in [6.07, 6.45) is 2.71. The van der Waals surface area contributed by atoms with E-state index in [9.17, 15) is 9.18 Å². The number of hydrogen-bond acceptors (Lipinski definition) is 3. The summed E-state index contributed by atoms with van der Waals surface area (Å²) in [5.74, 6) is -0.318. The van der Waals surface area contributed by atoms with Crippen molar-refractivity contribution in [3.8, 4) is 0 Å². The molecule has 16 heavy (non-hydrogen) atoms. The number of aldehydes is 1. The Labute approximate surface area is 92.1 Å². The number of aromatic nitrogens is 1. The molecule has 0 spiro atoms. The summed E-state index contributed by atoms with van der Waals surface area (Å²) in [6.45, 7) is 0. The number of halogens is 1. The van der Waals surface area contributed by atoms with Crippen molar-refractivity contribution in [2.45, 2.75) is 12.5 Å². The molecule has 0 fully saturated rings. The summed E-state index contributed by atoms with van der Waals surface area (Å²) in [5, 5.41) is 0.708. The van der Waals surface area contributed by atoms with E-state index in [0.29, 0.717) is 23.6 Å². The van der Waals surface area contributed by atoms with Crippen molar-refractivity contribution < 1.29 is 9.18 Å². The van der Waals surface area contributed by atoms with Crippen molar-refractivity contribution in [2.24, 2.45) is 5.73 Å². The zero-order chi connectivity index (χ0) is 11.5. The van der Waals surface area contributed by atoms with Crippen molar-refractivity contribution >= 4 is 17.2 Å². The molecule has 1 atom stereocenters. The summed E-state index contributed by atoms with van der Waals surface area (Å²) in [5.41, 5.74) is 7.09. The molecule has 0 bridgehead atoms. The maximum absolute atomic E-state index is 13.1. The highest BCUT2D eigenvalue weighted by atomic mass is 19.1. The molecule has 0 radical (unpaired) electrons. The molecule has 1 heterocycles. The largest absolute Gasteiger partial charge is 0.321 e. The number of carbonyl (C=O) groups excluding carboxylic acids is 1. The fourth-order valence-electron chi connectivity index (χ4n) is 1.66. The Kier molecular flexibility index (Phi) is 2.92. The highest BCUT2D eigenvalue weighted by Crippen LogP contribution is 2.18. The predicted octanol–water partition coefficient (Wildman–Crippen LogP) is 1.44. The molecular formula is C12H11FN2O. The molecule has 82 valence electrons. The van der Waals surface area contributed by atoms with Crippen LogP contribution in [0.5, 0.6) is 0 Å². The smallest absolute Gasteiger partial charge is 0.137 e. The molecule has 0 saturated heterocycles. The van der Waals surface area contributed by atoms with Crippen molar-refractivity contribution in [3.05, 3.63) is 41.8 Å². The van der Waals surface area contributed by atoms with Gasteiger partial charge in [0.1, 0.15) is 12.1 Å². The van der Waals surface area contributed by atoms with Crippen LogP contribution >= 0.6 is 0 Å². The summed E-state index contributed by atoms with van der Waals surface area (Å²) < 4.78 is 13.1. The van der Waals surface area contributed by atoms with Gasteiger partial charge in [-0.1, -0.05) is 0 Å².